The Morgan fingerprint density at radius 3 is 2.83 bits per heavy atom. The van der Waals surface area contributed by atoms with Gasteiger partial charge in [0.05, 0.1) is 24.1 Å². The second-order valence-electron chi connectivity index (χ2n) is 3.76. The summed E-state index contributed by atoms with van der Waals surface area (Å²) in [6.07, 6.45) is 3.23. The van der Waals surface area contributed by atoms with Crippen LogP contribution in [0.15, 0.2) is 35.4 Å². The highest BCUT2D eigenvalue weighted by Crippen LogP contribution is 1.95. The molecule has 0 atom stereocenters. The van der Waals surface area contributed by atoms with E-state index in [-0.39, 0.29) is 23.7 Å². The van der Waals surface area contributed by atoms with E-state index in [1.165, 1.54) is 18.2 Å². The second kappa shape index (κ2) is 5.22. The van der Waals surface area contributed by atoms with Gasteiger partial charge in [-0.3, -0.25) is 19.6 Å². The Balaban J connectivity index is 2.00. The van der Waals surface area contributed by atoms with Crippen molar-refractivity contribution in [3.63, 3.8) is 0 Å². The van der Waals surface area contributed by atoms with Gasteiger partial charge in [-0.2, -0.15) is 0 Å². The van der Waals surface area contributed by atoms with Gasteiger partial charge in [0, 0.05) is 12.3 Å². The number of rotatable bonds is 3. The van der Waals surface area contributed by atoms with Crippen LogP contribution >= 0.6 is 0 Å². The Hall–Kier alpha value is -2.50. The van der Waals surface area contributed by atoms with Gasteiger partial charge in [-0.1, -0.05) is 6.07 Å². The highest BCUT2D eigenvalue weighted by molar-refractivity contribution is 5.92. The molecule has 0 aliphatic rings. The molecule has 2 aromatic heterocycles. The van der Waals surface area contributed by atoms with Gasteiger partial charge >= 0.3 is 0 Å². The lowest BCUT2D eigenvalue weighted by Gasteiger charge is -2.04. The summed E-state index contributed by atoms with van der Waals surface area (Å²) < 4.78 is 0. The number of nitrogens with one attached hydrogen (secondary N) is 2. The number of pyridine rings is 1. The standard InChI is InChI=1S/C12H12N4O2/c1-8-5-14-9(6-13-8)7-15-12(18)10-3-2-4-11(17)16-10/h2-6H,7H2,1H3,(H,15,18)(H,16,17). The third-order valence-corrected chi connectivity index (χ3v) is 2.28. The van der Waals surface area contributed by atoms with Crippen LogP contribution < -0.4 is 10.9 Å². The summed E-state index contributed by atoms with van der Waals surface area (Å²) in [6, 6.07) is 4.42. The molecule has 0 radical (unpaired) electrons. The fourth-order valence-corrected chi connectivity index (χ4v) is 1.36. The van der Waals surface area contributed by atoms with E-state index in [9.17, 15) is 9.59 Å². The van der Waals surface area contributed by atoms with Crippen molar-refractivity contribution in [2.45, 2.75) is 13.5 Å². The number of carbonyl (C=O) groups is 1. The number of aromatic amines is 1. The van der Waals surface area contributed by atoms with E-state index in [1.807, 2.05) is 6.92 Å². The van der Waals surface area contributed by atoms with E-state index >= 15 is 0 Å². The summed E-state index contributed by atoms with van der Waals surface area (Å²) >= 11 is 0. The smallest absolute Gasteiger partial charge is 0.268 e. The Bertz CT molecular complexity index is 604. The number of hydrogen-bond acceptors (Lipinski definition) is 4. The van der Waals surface area contributed by atoms with Gasteiger partial charge in [0.25, 0.3) is 5.91 Å². The quantitative estimate of drug-likeness (QED) is 0.818. The fourth-order valence-electron chi connectivity index (χ4n) is 1.36. The molecule has 2 aromatic rings. The number of aryl methyl sites for hydroxylation is 1. The van der Waals surface area contributed by atoms with Crippen LogP contribution in [0, 0.1) is 6.92 Å². The lowest BCUT2D eigenvalue weighted by atomic mass is 10.3. The van der Waals surface area contributed by atoms with Crippen LogP contribution in [0.5, 0.6) is 0 Å². The van der Waals surface area contributed by atoms with Crippen molar-refractivity contribution in [1.29, 1.82) is 0 Å². The molecule has 0 bridgehead atoms. The SMILES string of the molecule is Cc1cnc(CNC(=O)c2cccc(=O)[nH]2)cn1. The Labute approximate surface area is 103 Å². The maximum absolute atomic E-state index is 11.7. The third-order valence-electron chi connectivity index (χ3n) is 2.28. The zero-order valence-corrected chi connectivity index (χ0v) is 9.80. The molecular formula is C12H12N4O2. The highest BCUT2D eigenvalue weighted by atomic mass is 16.2. The van der Waals surface area contributed by atoms with Crippen molar-refractivity contribution < 1.29 is 4.79 Å². The molecule has 6 heteroatoms. The summed E-state index contributed by atoms with van der Waals surface area (Å²) in [4.78, 5) is 33.4. The van der Waals surface area contributed by atoms with Gasteiger partial charge in [-0.15, -0.1) is 0 Å². The van der Waals surface area contributed by atoms with Crippen LogP contribution in [0.3, 0.4) is 0 Å². The number of H-pyrrole nitrogens is 1. The van der Waals surface area contributed by atoms with E-state index in [4.69, 9.17) is 0 Å². The molecule has 18 heavy (non-hydrogen) atoms. The first-order chi connectivity index (χ1) is 8.65. The van der Waals surface area contributed by atoms with Crippen molar-refractivity contribution in [3.05, 3.63) is 58.0 Å². The first-order valence-corrected chi connectivity index (χ1v) is 5.40. The van der Waals surface area contributed by atoms with Gasteiger partial charge in [0.2, 0.25) is 5.56 Å². The molecule has 0 saturated carbocycles. The topological polar surface area (TPSA) is 87.7 Å². The molecule has 92 valence electrons. The minimum absolute atomic E-state index is 0.225. The van der Waals surface area contributed by atoms with Crippen LogP contribution in [-0.2, 0) is 6.54 Å². The predicted octanol–water partition coefficient (Wildman–Crippen LogP) is 0.403. The first kappa shape index (κ1) is 12.0. The van der Waals surface area contributed by atoms with Crippen molar-refractivity contribution in [3.8, 4) is 0 Å². The molecule has 0 unspecified atom stereocenters. The molecule has 0 aliphatic heterocycles. The van der Waals surface area contributed by atoms with Crippen LogP contribution in [0.25, 0.3) is 0 Å². The van der Waals surface area contributed by atoms with Gasteiger partial charge in [-0.25, -0.2) is 0 Å². The third kappa shape index (κ3) is 3.00. The van der Waals surface area contributed by atoms with Crippen molar-refractivity contribution in [2.75, 3.05) is 0 Å². The normalized spacial score (nSPS) is 10.1. The lowest BCUT2D eigenvalue weighted by molar-refractivity contribution is 0.0945. The summed E-state index contributed by atoms with van der Waals surface area (Å²) in [5.41, 5.74) is 1.39. The minimum atomic E-state index is -0.352. The van der Waals surface area contributed by atoms with Crippen molar-refractivity contribution in [1.82, 2.24) is 20.3 Å². The summed E-state index contributed by atoms with van der Waals surface area (Å²) in [6.45, 7) is 2.10. The number of nitrogens with zero attached hydrogens (tertiary/aromatic N) is 2. The average molecular weight is 244 g/mol. The second-order valence-corrected chi connectivity index (χ2v) is 3.76. The van der Waals surface area contributed by atoms with Gasteiger partial charge in [0.15, 0.2) is 0 Å². The Morgan fingerprint density at radius 1 is 1.33 bits per heavy atom. The largest absolute Gasteiger partial charge is 0.345 e. The van der Waals surface area contributed by atoms with Crippen molar-refractivity contribution >= 4 is 5.91 Å². The minimum Gasteiger partial charge on any atom is -0.345 e. The predicted molar refractivity (Wildman–Crippen MR) is 65.0 cm³/mol. The number of aromatic nitrogens is 3. The summed E-state index contributed by atoms with van der Waals surface area (Å²) in [5.74, 6) is -0.352. The maximum Gasteiger partial charge on any atom is 0.268 e. The average Bonchev–Trinajstić information content (AvgIpc) is 2.38. The number of carbonyl (C=O) groups excluding carboxylic acids is 1. The molecule has 2 N–H and O–H groups in total. The van der Waals surface area contributed by atoms with Crippen LogP contribution in [0.4, 0.5) is 0 Å². The molecule has 0 fully saturated rings. The molecule has 0 spiro atoms. The molecule has 1 amide bonds. The van der Waals surface area contributed by atoms with E-state index in [1.54, 1.807) is 12.4 Å². The fraction of sp³-hybridized carbons (Fsp3) is 0.167. The van der Waals surface area contributed by atoms with Gasteiger partial charge in [0.1, 0.15) is 5.69 Å². The molecule has 2 rings (SSSR count). The zero-order valence-electron chi connectivity index (χ0n) is 9.80. The highest BCUT2D eigenvalue weighted by Gasteiger charge is 2.06. The Kier molecular flexibility index (Phi) is 3.47. The van der Waals surface area contributed by atoms with Crippen molar-refractivity contribution in [2.24, 2.45) is 0 Å². The molecule has 2 heterocycles. The molecular weight excluding hydrogens is 232 g/mol. The molecule has 6 nitrogen and oxygen atoms in total. The maximum atomic E-state index is 11.7. The van der Waals surface area contributed by atoms with E-state index < -0.39 is 0 Å². The van der Waals surface area contributed by atoms with E-state index in [0.717, 1.165) is 5.69 Å². The number of amides is 1. The molecule has 0 aliphatic carbocycles. The van der Waals surface area contributed by atoms with Crippen LogP contribution in [0.2, 0.25) is 0 Å². The Morgan fingerprint density at radius 2 is 2.17 bits per heavy atom. The van der Waals surface area contributed by atoms with Crippen LogP contribution in [-0.4, -0.2) is 20.9 Å². The monoisotopic (exact) mass is 244 g/mol. The molecule has 0 saturated heterocycles. The van der Waals surface area contributed by atoms with E-state index in [0.29, 0.717) is 5.69 Å². The molecule has 0 aromatic carbocycles. The van der Waals surface area contributed by atoms with Crippen LogP contribution in [0.1, 0.15) is 21.9 Å². The zero-order chi connectivity index (χ0) is 13.0. The number of hydrogen-bond donors (Lipinski definition) is 2. The van der Waals surface area contributed by atoms with Gasteiger partial charge in [-0.05, 0) is 13.0 Å². The first-order valence-electron chi connectivity index (χ1n) is 5.40. The summed E-state index contributed by atoms with van der Waals surface area (Å²) in [5, 5.41) is 2.65. The van der Waals surface area contributed by atoms with E-state index in [2.05, 4.69) is 20.3 Å². The lowest BCUT2D eigenvalue weighted by Crippen LogP contribution is -2.26. The van der Waals surface area contributed by atoms with Gasteiger partial charge < -0.3 is 10.3 Å². The summed E-state index contributed by atoms with van der Waals surface area (Å²) in [7, 11) is 0.